The molecule has 1 fully saturated rings. The largest absolute Gasteiger partial charge is 0.476 e. The Kier molecular flexibility index (Phi) is 7.57. The van der Waals surface area contributed by atoms with Crippen LogP contribution in [0, 0.1) is 12.8 Å². The second-order valence-corrected chi connectivity index (χ2v) is 12.9. The number of sulfonamides is 1. The lowest BCUT2D eigenvalue weighted by molar-refractivity contribution is -0.119. The molecule has 2 aromatic rings. The van der Waals surface area contributed by atoms with E-state index in [9.17, 15) is 23.1 Å². The zero-order chi connectivity index (χ0) is 27.1. The first-order chi connectivity index (χ1) is 16.5. The molecule has 1 saturated carbocycles. The summed E-state index contributed by atoms with van der Waals surface area (Å²) in [6, 6.07) is 4.40. The second-order valence-electron chi connectivity index (χ2n) is 11.3. The van der Waals surface area contributed by atoms with Crippen molar-refractivity contribution >= 4 is 27.6 Å². The topological polar surface area (TPSA) is 140 Å². The molecule has 3 N–H and O–H groups in total. The average molecular weight is 521 g/mol. The molecule has 1 amide bonds. The number of carbonyl (C=O) groups is 2. The number of anilines is 1. The van der Waals surface area contributed by atoms with Crippen LogP contribution < -0.4 is 14.8 Å². The van der Waals surface area contributed by atoms with Crippen LogP contribution in [0.4, 0.5) is 5.69 Å². The monoisotopic (exact) mass is 520 g/mol. The van der Waals surface area contributed by atoms with Crippen LogP contribution >= 0.6 is 0 Å². The van der Waals surface area contributed by atoms with Gasteiger partial charge in [-0.2, -0.15) is 5.10 Å². The predicted molar refractivity (Wildman–Crippen MR) is 136 cm³/mol. The van der Waals surface area contributed by atoms with Crippen molar-refractivity contribution in [2.75, 3.05) is 5.32 Å². The number of aromatic nitrogens is 2. The summed E-state index contributed by atoms with van der Waals surface area (Å²) in [6.07, 6.45) is 3.62. The summed E-state index contributed by atoms with van der Waals surface area (Å²) >= 11 is 0. The Bertz CT molecular complexity index is 1260. The zero-order valence-electron chi connectivity index (χ0n) is 21.9. The van der Waals surface area contributed by atoms with Gasteiger partial charge in [0.1, 0.15) is 10.6 Å². The average Bonchev–Trinajstić information content (AvgIpc) is 3.36. The van der Waals surface area contributed by atoms with Crippen molar-refractivity contribution < 1.29 is 27.9 Å². The van der Waals surface area contributed by atoms with Gasteiger partial charge in [0.15, 0.2) is 5.69 Å². The minimum atomic E-state index is -4.09. The van der Waals surface area contributed by atoms with Crippen molar-refractivity contribution in [1.29, 1.82) is 0 Å². The van der Waals surface area contributed by atoms with Crippen LogP contribution in [-0.4, -0.2) is 40.7 Å². The molecule has 1 heterocycles. The minimum Gasteiger partial charge on any atom is -0.476 e. The normalized spacial score (nSPS) is 15.2. The Labute approximate surface area is 212 Å². The maximum Gasteiger partial charge on any atom is 0.356 e. The number of benzene rings is 1. The molecule has 1 aromatic carbocycles. The summed E-state index contributed by atoms with van der Waals surface area (Å²) in [4.78, 5) is 24.2. The van der Waals surface area contributed by atoms with Crippen LogP contribution in [-0.2, 0) is 20.4 Å². The number of amides is 1. The number of carbonyl (C=O) groups excluding carboxylic acids is 1. The highest BCUT2D eigenvalue weighted by molar-refractivity contribution is 7.89. The standard InChI is InChI=1S/C25H36N4O6S/c1-15-20(23(31)32)27-29(25(5,6)7)22(15)35-18-13-12-17(26-21(30)16-10-8-9-11-16)14-19(18)36(33,34)28-24(2,3)4/h12-14,16,28H,8-11H2,1-7H3,(H,26,30)(H,31,32). The summed E-state index contributed by atoms with van der Waals surface area (Å²) in [7, 11) is -4.09. The van der Waals surface area contributed by atoms with Gasteiger partial charge in [-0.25, -0.2) is 22.6 Å². The maximum absolute atomic E-state index is 13.4. The molecule has 0 radical (unpaired) electrons. The molecule has 198 valence electrons. The Morgan fingerprint density at radius 1 is 1.11 bits per heavy atom. The van der Waals surface area contributed by atoms with E-state index in [0.717, 1.165) is 25.7 Å². The highest BCUT2D eigenvalue weighted by Crippen LogP contribution is 2.37. The maximum atomic E-state index is 13.4. The lowest BCUT2D eigenvalue weighted by Gasteiger charge is -2.24. The van der Waals surface area contributed by atoms with E-state index < -0.39 is 27.1 Å². The Morgan fingerprint density at radius 3 is 2.25 bits per heavy atom. The summed E-state index contributed by atoms with van der Waals surface area (Å²) in [5, 5.41) is 16.6. The van der Waals surface area contributed by atoms with Crippen LogP contribution in [0.1, 0.15) is 83.3 Å². The van der Waals surface area contributed by atoms with E-state index >= 15 is 0 Å². The van der Waals surface area contributed by atoms with Crippen LogP contribution in [0.5, 0.6) is 11.6 Å². The van der Waals surface area contributed by atoms with Crippen LogP contribution in [0.15, 0.2) is 23.1 Å². The fourth-order valence-electron chi connectivity index (χ4n) is 4.13. The lowest BCUT2D eigenvalue weighted by atomic mass is 10.1. The number of carboxylic acid groups (broad SMARTS) is 1. The molecule has 1 aliphatic carbocycles. The van der Waals surface area contributed by atoms with Crippen LogP contribution in [0.3, 0.4) is 0 Å². The van der Waals surface area contributed by atoms with Crippen molar-refractivity contribution in [2.45, 2.75) is 90.1 Å². The number of hydrogen-bond donors (Lipinski definition) is 3. The van der Waals surface area contributed by atoms with Gasteiger partial charge in [0.25, 0.3) is 0 Å². The number of nitrogens with zero attached hydrogens (tertiary/aromatic N) is 2. The number of rotatable bonds is 7. The van der Waals surface area contributed by atoms with Crippen molar-refractivity contribution in [1.82, 2.24) is 14.5 Å². The Morgan fingerprint density at radius 2 is 1.72 bits per heavy atom. The Hall–Kier alpha value is -2.92. The van der Waals surface area contributed by atoms with Gasteiger partial charge < -0.3 is 15.2 Å². The van der Waals surface area contributed by atoms with E-state index in [1.165, 1.54) is 16.8 Å². The first-order valence-electron chi connectivity index (χ1n) is 12.0. The van der Waals surface area contributed by atoms with Crippen molar-refractivity contribution in [3.8, 4) is 11.6 Å². The number of carboxylic acids is 1. The van der Waals surface area contributed by atoms with Gasteiger partial charge in [0, 0.05) is 22.7 Å². The summed E-state index contributed by atoms with van der Waals surface area (Å²) < 4.78 is 37.0. The van der Waals surface area contributed by atoms with Crippen molar-refractivity contribution in [3.63, 3.8) is 0 Å². The number of nitrogens with one attached hydrogen (secondary N) is 2. The highest BCUT2D eigenvalue weighted by Gasteiger charge is 2.31. The third-order valence-electron chi connectivity index (χ3n) is 5.78. The predicted octanol–water partition coefficient (Wildman–Crippen LogP) is 4.64. The Balaban J connectivity index is 2.10. The molecule has 0 bridgehead atoms. The van der Waals surface area contributed by atoms with E-state index in [1.54, 1.807) is 33.8 Å². The van der Waals surface area contributed by atoms with Gasteiger partial charge >= 0.3 is 5.97 Å². The third-order valence-corrected chi connectivity index (χ3v) is 7.56. The molecule has 10 nitrogen and oxygen atoms in total. The van der Waals surface area contributed by atoms with E-state index in [-0.39, 0.29) is 39.6 Å². The summed E-state index contributed by atoms with van der Waals surface area (Å²) in [5.41, 5.74) is -1.01. The number of aromatic carboxylic acids is 1. The first kappa shape index (κ1) is 27.7. The van der Waals surface area contributed by atoms with Gasteiger partial charge in [-0.05, 0) is 79.5 Å². The summed E-state index contributed by atoms with van der Waals surface area (Å²) in [6.45, 7) is 12.2. The SMILES string of the molecule is Cc1c(C(=O)O)nn(C(C)(C)C)c1Oc1ccc(NC(=O)C2CCCC2)cc1S(=O)(=O)NC(C)(C)C. The molecule has 0 aliphatic heterocycles. The molecule has 11 heteroatoms. The fourth-order valence-corrected chi connectivity index (χ4v) is 5.71. The van der Waals surface area contributed by atoms with Gasteiger partial charge in [-0.15, -0.1) is 0 Å². The molecular formula is C25H36N4O6S. The first-order valence-corrected chi connectivity index (χ1v) is 13.5. The second kappa shape index (κ2) is 9.85. The molecule has 3 rings (SSSR count). The molecule has 0 atom stereocenters. The van der Waals surface area contributed by atoms with Crippen molar-refractivity contribution in [3.05, 3.63) is 29.5 Å². The quantitative estimate of drug-likeness (QED) is 0.483. The smallest absolute Gasteiger partial charge is 0.356 e. The lowest BCUT2D eigenvalue weighted by Crippen LogP contribution is -2.40. The number of hydrogen-bond acceptors (Lipinski definition) is 6. The van der Waals surface area contributed by atoms with E-state index in [4.69, 9.17) is 4.74 Å². The molecule has 0 saturated heterocycles. The zero-order valence-corrected chi connectivity index (χ0v) is 22.7. The minimum absolute atomic E-state index is 0.0175. The van der Waals surface area contributed by atoms with Gasteiger partial charge in [-0.3, -0.25) is 4.79 Å². The van der Waals surface area contributed by atoms with Gasteiger partial charge in [0.2, 0.25) is 21.8 Å². The number of ether oxygens (including phenoxy) is 1. The molecule has 0 spiro atoms. The van der Waals surface area contributed by atoms with E-state index in [2.05, 4.69) is 15.1 Å². The van der Waals surface area contributed by atoms with Crippen molar-refractivity contribution in [2.24, 2.45) is 5.92 Å². The van der Waals surface area contributed by atoms with Gasteiger partial charge in [0.05, 0.1) is 5.54 Å². The third kappa shape index (κ3) is 6.25. The summed E-state index contributed by atoms with van der Waals surface area (Å²) in [5.74, 6) is -1.34. The molecule has 36 heavy (non-hydrogen) atoms. The molecule has 1 aromatic heterocycles. The van der Waals surface area contributed by atoms with Gasteiger partial charge in [-0.1, -0.05) is 12.8 Å². The molecular weight excluding hydrogens is 484 g/mol. The molecule has 1 aliphatic rings. The van der Waals surface area contributed by atoms with Crippen LogP contribution in [0.2, 0.25) is 0 Å². The van der Waals surface area contributed by atoms with E-state index in [0.29, 0.717) is 5.69 Å². The molecule has 0 unspecified atom stereocenters. The van der Waals surface area contributed by atoms with Crippen LogP contribution in [0.25, 0.3) is 0 Å². The van der Waals surface area contributed by atoms with E-state index in [1.807, 2.05) is 20.8 Å². The highest BCUT2D eigenvalue weighted by atomic mass is 32.2. The fraction of sp³-hybridized carbons (Fsp3) is 0.560.